The van der Waals surface area contributed by atoms with E-state index in [9.17, 15) is 19.6 Å². The van der Waals surface area contributed by atoms with E-state index in [-0.39, 0.29) is 24.4 Å². The Balaban J connectivity index is 1.82. The Morgan fingerprint density at radius 1 is 1.26 bits per heavy atom. The third-order valence-electron chi connectivity index (χ3n) is 4.97. The van der Waals surface area contributed by atoms with Gasteiger partial charge in [-0.15, -0.1) is 0 Å². The van der Waals surface area contributed by atoms with Crippen molar-refractivity contribution in [2.75, 3.05) is 13.2 Å². The number of hydrogen-bond donors (Lipinski definition) is 2. The van der Waals surface area contributed by atoms with Crippen molar-refractivity contribution in [2.45, 2.75) is 31.3 Å². The molecule has 0 bridgehead atoms. The molecule has 0 unspecified atom stereocenters. The number of nitrogens with one attached hydrogen (secondary N) is 1. The molecule has 0 aliphatic carbocycles. The molecule has 2 aromatic carbocycles. The van der Waals surface area contributed by atoms with Crippen LogP contribution in [0.2, 0.25) is 0 Å². The number of aliphatic hydroxyl groups excluding tert-OH is 1. The van der Waals surface area contributed by atoms with Gasteiger partial charge in [0, 0.05) is 18.0 Å². The molecule has 0 saturated carbocycles. The van der Waals surface area contributed by atoms with Crippen LogP contribution in [0.25, 0.3) is 11.1 Å². The van der Waals surface area contributed by atoms with Gasteiger partial charge in [0.15, 0.2) is 0 Å². The molecule has 3 rings (SSSR count). The summed E-state index contributed by atoms with van der Waals surface area (Å²) in [5, 5.41) is 22.1. The van der Waals surface area contributed by atoms with Gasteiger partial charge in [-0.05, 0) is 23.6 Å². The minimum absolute atomic E-state index is 0.225. The van der Waals surface area contributed by atoms with E-state index in [1.165, 1.54) is 11.0 Å². The molecular weight excluding hydrogens is 345 g/mol. The molecule has 3 atom stereocenters. The summed E-state index contributed by atoms with van der Waals surface area (Å²) >= 11 is 0. The molecule has 140 valence electrons. The van der Waals surface area contributed by atoms with Gasteiger partial charge < -0.3 is 15.3 Å². The Morgan fingerprint density at radius 3 is 2.56 bits per heavy atom. The van der Waals surface area contributed by atoms with Crippen LogP contribution >= 0.6 is 0 Å². The first-order valence-electron chi connectivity index (χ1n) is 9.03. The van der Waals surface area contributed by atoms with Gasteiger partial charge in [0.05, 0.1) is 18.7 Å². The van der Waals surface area contributed by atoms with Crippen LogP contribution < -0.4 is 5.32 Å². The number of nitriles is 1. The number of urea groups is 1. The second kappa shape index (κ2) is 8.19. The van der Waals surface area contributed by atoms with Gasteiger partial charge >= 0.3 is 6.03 Å². The molecule has 2 aromatic rings. The van der Waals surface area contributed by atoms with E-state index >= 15 is 0 Å². The van der Waals surface area contributed by atoms with Gasteiger partial charge in [-0.3, -0.25) is 0 Å². The highest BCUT2D eigenvalue weighted by Gasteiger charge is 2.51. The van der Waals surface area contributed by atoms with Crippen LogP contribution in [0.5, 0.6) is 0 Å². The number of benzene rings is 2. The molecule has 1 heterocycles. The number of hydrogen-bond acceptors (Lipinski definition) is 3. The van der Waals surface area contributed by atoms with E-state index in [1.54, 1.807) is 30.3 Å². The molecule has 0 radical (unpaired) electrons. The number of rotatable bonds is 5. The molecule has 1 saturated heterocycles. The molecule has 2 N–H and O–H groups in total. The zero-order valence-electron chi connectivity index (χ0n) is 15.1. The molecule has 0 aromatic heterocycles. The van der Waals surface area contributed by atoms with E-state index in [0.29, 0.717) is 12.1 Å². The lowest BCUT2D eigenvalue weighted by atomic mass is 9.76. The maximum absolute atomic E-state index is 14.0. The first-order valence-corrected chi connectivity index (χ1v) is 9.03. The van der Waals surface area contributed by atoms with Gasteiger partial charge in [0.1, 0.15) is 11.9 Å². The lowest BCUT2D eigenvalue weighted by molar-refractivity contribution is 0.0169. The number of amides is 2. The molecule has 1 aliphatic heterocycles. The summed E-state index contributed by atoms with van der Waals surface area (Å²) in [5.74, 6) is -0.571. The van der Waals surface area contributed by atoms with E-state index in [1.807, 2.05) is 19.1 Å². The molecule has 0 spiro atoms. The van der Waals surface area contributed by atoms with Crippen molar-refractivity contribution in [3.8, 4) is 17.2 Å². The van der Waals surface area contributed by atoms with E-state index in [0.717, 1.165) is 17.5 Å². The highest BCUT2D eigenvalue weighted by molar-refractivity contribution is 5.77. The number of halogens is 1. The summed E-state index contributed by atoms with van der Waals surface area (Å²) in [6.07, 6.45) is 0.793. The lowest BCUT2D eigenvalue weighted by Gasteiger charge is -2.51. The fraction of sp³-hybridized carbons (Fsp3) is 0.333. The number of carbonyl (C=O) groups excluding carboxylic acids is 1. The zero-order chi connectivity index (χ0) is 19.4. The number of carbonyl (C=O) groups is 1. The Kier molecular flexibility index (Phi) is 5.72. The standard InChI is InChI=1S/C21H22FN3O2/c1-2-11-24-21(27)25-18(12-23)20(19(25)13-26)15-9-7-14(8-10-15)16-5-3-4-6-17(16)22/h3-10,18-20,26H,2,11,13H2,1H3,(H,24,27)/t18-,19+,20-/m0/s1. The molecule has 27 heavy (non-hydrogen) atoms. The van der Waals surface area contributed by atoms with E-state index < -0.39 is 12.1 Å². The van der Waals surface area contributed by atoms with Crippen molar-refractivity contribution in [1.29, 1.82) is 5.26 Å². The maximum atomic E-state index is 14.0. The average molecular weight is 367 g/mol. The minimum atomic E-state index is -0.640. The Labute approximate surface area is 158 Å². The maximum Gasteiger partial charge on any atom is 0.318 e. The number of nitrogens with zero attached hydrogens (tertiary/aromatic N) is 2. The monoisotopic (exact) mass is 367 g/mol. The summed E-state index contributed by atoms with van der Waals surface area (Å²) in [5.41, 5.74) is 2.09. The summed E-state index contributed by atoms with van der Waals surface area (Å²) in [6.45, 7) is 2.24. The topological polar surface area (TPSA) is 76.4 Å². The number of aliphatic hydroxyl groups is 1. The fourth-order valence-corrected chi connectivity index (χ4v) is 3.59. The first kappa shape index (κ1) is 18.9. The van der Waals surface area contributed by atoms with E-state index in [4.69, 9.17) is 0 Å². The number of likely N-dealkylation sites (tertiary alicyclic amines) is 1. The Morgan fingerprint density at radius 2 is 1.96 bits per heavy atom. The van der Waals surface area contributed by atoms with Gasteiger partial charge in [-0.1, -0.05) is 49.4 Å². The van der Waals surface area contributed by atoms with Crippen LogP contribution in [0.1, 0.15) is 24.8 Å². The summed E-state index contributed by atoms with van der Waals surface area (Å²) in [4.78, 5) is 13.7. The SMILES string of the molecule is CCCNC(=O)N1[C@H](CO)[C@@H](c2ccc(-c3ccccc3F)cc2)[C@@H]1C#N. The smallest absolute Gasteiger partial charge is 0.318 e. The molecule has 2 amide bonds. The second-order valence-electron chi connectivity index (χ2n) is 6.59. The molecule has 5 nitrogen and oxygen atoms in total. The zero-order valence-corrected chi connectivity index (χ0v) is 15.1. The van der Waals surface area contributed by atoms with Crippen LogP contribution in [0.15, 0.2) is 48.5 Å². The molecule has 1 aliphatic rings. The van der Waals surface area contributed by atoms with Crippen molar-refractivity contribution < 1.29 is 14.3 Å². The molecule has 1 fully saturated rings. The lowest BCUT2D eigenvalue weighted by Crippen LogP contribution is -2.67. The Hall–Kier alpha value is -2.91. The fourth-order valence-electron chi connectivity index (χ4n) is 3.59. The molecule has 6 heteroatoms. The van der Waals surface area contributed by atoms with Crippen molar-refractivity contribution in [3.63, 3.8) is 0 Å². The largest absolute Gasteiger partial charge is 0.394 e. The normalized spacial score (nSPS) is 21.3. The summed E-state index contributed by atoms with van der Waals surface area (Å²) in [6, 6.07) is 14.6. The Bertz CT molecular complexity index is 847. The van der Waals surface area contributed by atoms with E-state index in [2.05, 4.69) is 11.4 Å². The van der Waals surface area contributed by atoms with Gasteiger partial charge in [-0.25, -0.2) is 9.18 Å². The van der Waals surface area contributed by atoms with Gasteiger partial charge in [-0.2, -0.15) is 5.26 Å². The second-order valence-corrected chi connectivity index (χ2v) is 6.59. The van der Waals surface area contributed by atoms with Crippen molar-refractivity contribution in [2.24, 2.45) is 0 Å². The predicted molar refractivity (Wildman–Crippen MR) is 100 cm³/mol. The van der Waals surface area contributed by atoms with Crippen LogP contribution in [0, 0.1) is 17.1 Å². The molecular formula is C21H22FN3O2. The third-order valence-corrected chi connectivity index (χ3v) is 4.97. The van der Waals surface area contributed by atoms with Crippen LogP contribution in [-0.2, 0) is 0 Å². The highest BCUT2D eigenvalue weighted by Crippen LogP contribution is 2.41. The highest BCUT2D eigenvalue weighted by atomic mass is 19.1. The third kappa shape index (κ3) is 3.51. The summed E-state index contributed by atoms with van der Waals surface area (Å²) < 4.78 is 14.0. The van der Waals surface area contributed by atoms with Crippen molar-refractivity contribution in [3.05, 3.63) is 59.9 Å². The summed E-state index contributed by atoms with van der Waals surface area (Å²) in [7, 11) is 0. The average Bonchev–Trinajstić information content (AvgIpc) is 2.67. The first-order chi connectivity index (χ1) is 13.1. The quantitative estimate of drug-likeness (QED) is 0.852. The van der Waals surface area contributed by atoms with Crippen LogP contribution in [0.3, 0.4) is 0 Å². The van der Waals surface area contributed by atoms with Gasteiger partial charge in [0.2, 0.25) is 0 Å². The van der Waals surface area contributed by atoms with Crippen LogP contribution in [0.4, 0.5) is 9.18 Å². The van der Waals surface area contributed by atoms with Crippen molar-refractivity contribution >= 4 is 6.03 Å². The van der Waals surface area contributed by atoms with Crippen LogP contribution in [-0.4, -0.2) is 41.3 Å². The van der Waals surface area contributed by atoms with Crippen molar-refractivity contribution in [1.82, 2.24) is 10.2 Å². The minimum Gasteiger partial charge on any atom is -0.394 e. The van der Waals surface area contributed by atoms with Gasteiger partial charge in [0.25, 0.3) is 0 Å². The predicted octanol–water partition coefficient (Wildman–Crippen LogP) is 3.26.